The molecule has 1 aliphatic heterocycles. The predicted octanol–water partition coefficient (Wildman–Crippen LogP) is 3.39. The highest BCUT2D eigenvalue weighted by Gasteiger charge is 2.31. The van der Waals surface area contributed by atoms with Gasteiger partial charge in [-0.2, -0.15) is 5.10 Å². The molecule has 1 amide bonds. The van der Waals surface area contributed by atoms with E-state index in [0.717, 1.165) is 63.3 Å². The topological polar surface area (TPSA) is 50.2 Å². The van der Waals surface area contributed by atoms with Gasteiger partial charge in [0.1, 0.15) is 0 Å². The molecule has 2 heterocycles. The molecule has 0 unspecified atom stereocenters. The molecule has 1 aromatic carbocycles. The van der Waals surface area contributed by atoms with Crippen LogP contribution in [-0.2, 0) is 12.8 Å². The average molecular weight is 401 g/mol. The second-order valence-corrected chi connectivity index (χ2v) is 8.29. The minimum absolute atomic E-state index is 0. The Balaban J connectivity index is 0.00000192. The van der Waals surface area contributed by atoms with Gasteiger partial charge in [0, 0.05) is 30.4 Å². The molecule has 1 saturated carbocycles. The van der Waals surface area contributed by atoms with E-state index in [1.54, 1.807) is 0 Å². The second kappa shape index (κ2) is 8.26. The normalized spacial score (nSPS) is 19.4. The van der Waals surface area contributed by atoms with Crippen LogP contribution in [0, 0.1) is 5.92 Å². The second-order valence-electron chi connectivity index (χ2n) is 8.29. The van der Waals surface area contributed by atoms with E-state index in [2.05, 4.69) is 17.4 Å². The number of rotatable bonds is 5. The summed E-state index contributed by atoms with van der Waals surface area (Å²) in [7, 11) is 0. The lowest BCUT2D eigenvalue weighted by atomic mass is 10.0. The summed E-state index contributed by atoms with van der Waals surface area (Å²) in [6.45, 7) is 2.84. The number of nitrogens with zero attached hydrogens (tertiary/aromatic N) is 3. The molecule has 0 bridgehead atoms. The molecule has 3 aliphatic rings. The Morgan fingerprint density at radius 1 is 1.07 bits per heavy atom. The number of aromatic nitrogens is 2. The van der Waals surface area contributed by atoms with Crippen LogP contribution >= 0.6 is 12.4 Å². The zero-order valence-corrected chi connectivity index (χ0v) is 17.1. The number of nitrogens with one attached hydrogen (secondary N) is 1. The highest BCUT2D eigenvalue weighted by Crippen LogP contribution is 2.30. The number of carbonyl (C=O) groups excluding carboxylic acids is 1. The zero-order valence-electron chi connectivity index (χ0n) is 16.3. The van der Waals surface area contributed by atoms with Crippen molar-refractivity contribution in [3.05, 3.63) is 47.3 Å². The standard InChI is InChI=1S/C22H28N4O.ClH/c27-22(25-13-11-17(12-14-25)23-15-16-9-10-16)21-19-7-4-8-20(19)26(24-21)18-5-2-1-3-6-18;/h1-3,5-6,16-17,23H,4,7-15H2;1H. The SMILES string of the molecule is Cl.O=C(c1nn(-c2ccccc2)c2c1CCC2)N1CCC(NCC2CC2)CC1. The number of carbonyl (C=O) groups is 1. The first-order chi connectivity index (χ1) is 13.3. The predicted molar refractivity (Wildman–Crippen MR) is 112 cm³/mol. The number of fused-ring (bicyclic) bond motifs is 1. The highest BCUT2D eigenvalue weighted by atomic mass is 35.5. The van der Waals surface area contributed by atoms with Crippen molar-refractivity contribution >= 4 is 18.3 Å². The smallest absolute Gasteiger partial charge is 0.274 e. The molecule has 150 valence electrons. The Bertz CT molecular complexity index is 823. The van der Waals surface area contributed by atoms with Crippen LogP contribution < -0.4 is 5.32 Å². The summed E-state index contributed by atoms with van der Waals surface area (Å²) in [5.41, 5.74) is 4.15. The molecule has 6 heteroatoms. The van der Waals surface area contributed by atoms with Gasteiger partial charge >= 0.3 is 0 Å². The van der Waals surface area contributed by atoms with E-state index >= 15 is 0 Å². The fraction of sp³-hybridized carbons (Fsp3) is 0.545. The van der Waals surface area contributed by atoms with Crippen molar-refractivity contribution in [3.8, 4) is 5.69 Å². The van der Waals surface area contributed by atoms with Crippen LogP contribution in [0.15, 0.2) is 30.3 Å². The number of likely N-dealkylation sites (tertiary alicyclic amines) is 1. The van der Waals surface area contributed by atoms with Crippen LogP contribution in [0.4, 0.5) is 0 Å². The lowest BCUT2D eigenvalue weighted by Crippen LogP contribution is -2.45. The van der Waals surface area contributed by atoms with Crippen molar-refractivity contribution in [1.82, 2.24) is 20.0 Å². The molecule has 5 rings (SSSR count). The lowest BCUT2D eigenvalue weighted by molar-refractivity contribution is 0.0697. The van der Waals surface area contributed by atoms with Gasteiger partial charge < -0.3 is 10.2 Å². The van der Waals surface area contributed by atoms with Gasteiger partial charge in [0.05, 0.1) is 5.69 Å². The van der Waals surface area contributed by atoms with E-state index < -0.39 is 0 Å². The minimum Gasteiger partial charge on any atom is -0.337 e. The summed E-state index contributed by atoms with van der Waals surface area (Å²) in [4.78, 5) is 15.2. The molecule has 5 nitrogen and oxygen atoms in total. The Hall–Kier alpha value is -1.85. The summed E-state index contributed by atoms with van der Waals surface area (Å²) >= 11 is 0. The maximum absolute atomic E-state index is 13.2. The number of amides is 1. The number of hydrogen-bond donors (Lipinski definition) is 1. The summed E-state index contributed by atoms with van der Waals surface area (Å²) in [5.74, 6) is 1.04. The fourth-order valence-corrected chi connectivity index (χ4v) is 4.48. The first-order valence-corrected chi connectivity index (χ1v) is 10.5. The van der Waals surface area contributed by atoms with Crippen molar-refractivity contribution in [1.29, 1.82) is 0 Å². The van der Waals surface area contributed by atoms with Gasteiger partial charge in [0.25, 0.3) is 5.91 Å². The molecule has 2 fully saturated rings. The van der Waals surface area contributed by atoms with Crippen molar-refractivity contribution in [2.75, 3.05) is 19.6 Å². The van der Waals surface area contributed by atoms with E-state index in [9.17, 15) is 4.79 Å². The van der Waals surface area contributed by atoms with Crippen molar-refractivity contribution in [3.63, 3.8) is 0 Å². The highest BCUT2D eigenvalue weighted by molar-refractivity contribution is 5.94. The average Bonchev–Trinajstić information content (AvgIpc) is 3.30. The van der Waals surface area contributed by atoms with Crippen LogP contribution in [0.1, 0.15) is 53.8 Å². The molecule has 0 radical (unpaired) electrons. The first-order valence-electron chi connectivity index (χ1n) is 10.5. The van der Waals surface area contributed by atoms with Gasteiger partial charge in [-0.1, -0.05) is 18.2 Å². The third-order valence-corrected chi connectivity index (χ3v) is 6.31. The summed E-state index contributed by atoms with van der Waals surface area (Å²) < 4.78 is 2.00. The van der Waals surface area contributed by atoms with Crippen LogP contribution in [0.25, 0.3) is 5.69 Å². The number of hydrogen-bond acceptors (Lipinski definition) is 3. The van der Waals surface area contributed by atoms with Crippen LogP contribution in [0.3, 0.4) is 0 Å². The summed E-state index contributed by atoms with van der Waals surface area (Å²) in [6, 6.07) is 10.8. The monoisotopic (exact) mass is 400 g/mol. The molecule has 28 heavy (non-hydrogen) atoms. The van der Waals surface area contributed by atoms with E-state index in [-0.39, 0.29) is 18.3 Å². The third kappa shape index (κ3) is 3.83. The van der Waals surface area contributed by atoms with Crippen molar-refractivity contribution in [2.45, 2.75) is 51.0 Å². The number of para-hydroxylation sites is 1. The molecule has 0 atom stereocenters. The third-order valence-electron chi connectivity index (χ3n) is 6.31. The van der Waals surface area contributed by atoms with Crippen LogP contribution in [0.5, 0.6) is 0 Å². The lowest BCUT2D eigenvalue weighted by Gasteiger charge is -2.32. The van der Waals surface area contributed by atoms with Gasteiger partial charge in [-0.25, -0.2) is 4.68 Å². The van der Waals surface area contributed by atoms with Crippen molar-refractivity contribution < 1.29 is 4.79 Å². The molecule has 2 aromatic rings. The first kappa shape index (κ1) is 19.5. The molecule has 1 N–H and O–H groups in total. The number of piperidine rings is 1. The Kier molecular flexibility index (Phi) is 5.74. The molecular weight excluding hydrogens is 372 g/mol. The fourth-order valence-electron chi connectivity index (χ4n) is 4.48. The molecule has 0 spiro atoms. The Labute approximate surface area is 172 Å². The summed E-state index contributed by atoms with van der Waals surface area (Å²) in [6.07, 6.45) is 7.99. The molecule has 1 aromatic heterocycles. The van der Waals surface area contributed by atoms with E-state index in [0.29, 0.717) is 11.7 Å². The van der Waals surface area contributed by atoms with Crippen LogP contribution in [0.2, 0.25) is 0 Å². The van der Waals surface area contributed by atoms with Gasteiger partial charge in [0.15, 0.2) is 5.69 Å². The molecule has 1 saturated heterocycles. The van der Waals surface area contributed by atoms with E-state index in [4.69, 9.17) is 5.10 Å². The largest absolute Gasteiger partial charge is 0.337 e. The maximum Gasteiger partial charge on any atom is 0.274 e. The quantitative estimate of drug-likeness (QED) is 0.836. The number of benzene rings is 1. The van der Waals surface area contributed by atoms with Gasteiger partial charge in [0.2, 0.25) is 0 Å². The summed E-state index contributed by atoms with van der Waals surface area (Å²) in [5, 5.41) is 8.47. The molecular formula is C22H29ClN4O. The molecule has 2 aliphatic carbocycles. The van der Waals surface area contributed by atoms with Crippen molar-refractivity contribution in [2.24, 2.45) is 5.92 Å². The van der Waals surface area contributed by atoms with E-state index in [1.807, 2.05) is 27.8 Å². The number of halogens is 1. The Morgan fingerprint density at radius 2 is 1.82 bits per heavy atom. The van der Waals surface area contributed by atoms with E-state index in [1.165, 1.54) is 24.1 Å². The minimum atomic E-state index is 0. The maximum atomic E-state index is 13.2. The van der Waals surface area contributed by atoms with Crippen LogP contribution in [-0.4, -0.2) is 46.3 Å². The Morgan fingerprint density at radius 3 is 2.54 bits per heavy atom. The zero-order chi connectivity index (χ0) is 18.2. The van der Waals surface area contributed by atoms with Gasteiger partial charge in [-0.05, 0) is 69.5 Å². The van der Waals surface area contributed by atoms with Gasteiger partial charge in [-0.3, -0.25) is 4.79 Å². The van der Waals surface area contributed by atoms with Gasteiger partial charge in [-0.15, -0.1) is 12.4 Å².